The summed E-state index contributed by atoms with van der Waals surface area (Å²) in [7, 11) is -1.73. The summed E-state index contributed by atoms with van der Waals surface area (Å²) in [5.41, 5.74) is 1.85. The molecular weight excluding hydrogens is 531 g/mol. The molecule has 1 saturated heterocycles. The number of hydrogen-bond donors (Lipinski definition) is 0. The zero-order valence-corrected chi connectivity index (χ0v) is 22.6. The Morgan fingerprint density at radius 1 is 1.08 bits per heavy atom. The number of hydrogen-bond acceptors (Lipinski definition) is 6. The predicted octanol–water partition coefficient (Wildman–Crippen LogP) is 4.99. The number of benzene rings is 2. The Morgan fingerprint density at radius 3 is 2.51 bits per heavy atom. The monoisotopic (exact) mass is 554 g/mol. The summed E-state index contributed by atoms with van der Waals surface area (Å²) in [6, 6.07) is 17.1. The van der Waals surface area contributed by atoms with E-state index in [2.05, 4.69) is 16.8 Å². The second-order valence-corrected chi connectivity index (χ2v) is 11.0. The first-order chi connectivity index (χ1) is 17.7. The molecule has 0 N–H and O–H groups in total. The van der Waals surface area contributed by atoms with Crippen molar-refractivity contribution in [1.82, 2.24) is 9.88 Å². The lowest BCUT2D eigenvalue weighted by atomic mass is 10.0. The van der Waals surface area contributed by atoms with Crippen LogP contribution < -0.4 is 4.90 Å². The van der Waals surface area contributed by atoms with Crippen molar-refractivity contribution in [2.45, 2.75) is 30.8 Å². The van der Waals surface area contributed by atoms with Gasteiger partial charge in [-0.3, -0.25) is 18.8 Å². The molecule has 1 fully saturated rings. The highest BCUT2D eigenvalue weighted by atomic mass is 35.5. The zero-order valence-electron chi connectivity index (χ0n) is 20.2. The predicted molar refractivity (Wildman–Crippen MR) is 145 cm³/mol. The van der Waals surface area contributed by atoms with Crippen LogP contribution >= 0.6 is 23.2 Å². The van der Waals surface area contributed by atoms with Crippen molar-refractivity contribution in [3.05, 3.63) is 87.7 Å². The number of ketones is 1. The molecule has 3 aromatic rings. The largest absolute Gasteiger partial charge is 0.365 e. The van der Waals surface area contributed by atoms with Crippen LogP contribution in [0.1, 0.15) is 40.3 Å². The maximum atomic E-state index is 13.4. The lowest BCUT2D eigenvalue weighted by Gasteiger charge is -2.46. The zero-order chi connectivity index (χ0) is 26.7. The first-order valence-corrected chi connectivity index (χ1v) is 13.7. The molecule has 2 heterocycles. The van der Waals surface area contributed by atoms with Gasteiger partial charge in [0.2, 0.25) is 0 Å². The number of halogens is 2. The lowest BCUT2D eigenvalue weighted by Crippen LogP contribution is -2.59. The van der Waals surface area contributed by atoms with Gasteiger partial charge in [0.25, 0.3) is 5.91 Å². The average Bonchev–Trinajstić information content (AvgIpc) is 2.89. The summed E-state index contributed by atoms with van der Waals surface area (Å²) in [5.74, 6) is -0.909. The van der Waals surface area contributed by atoms with Crippen LogP contribution in [-0.4, -0.2) is 56.7 Å². The van der Waals surface area contributed by atoms with Gasteiger partial charge in [0.1, 0.15) is 11.8 Å². The number of carbonyl (C=O) groups is 2. The molecule has 0 saturated carbocycles. The molecule has 1 unspecified atom stereocenters. The van der Waals surface area contributed by atoms with Crippen molar-refractivity contribution < 1.29 is 13.8 Å². The van der Waals surface area contributed by atoms with Gasteiger partial charge in [0, 0.05) is 47.6 Å². The number of amides is 1. The molecule has 190 valence electrons. The van der Waals surface area contributed by atoms with Gasteiger partial charge in [-0.1, -0.05) is 29.3 Å². The number of aromatic nitrogens is 1. The van der Waals surface area contributed by atoms with E-state index in [1.54, 1.807) is 6.07 Å². The highest BCUT2D eigenvalue weighted by molar-refractivity contribution is 7.86. The van der Waals surface area contributed by atoms with Crippen LogP contribution in [0.15, 0.2) is 65.7 Å². The van der Waals surface area contributed by atoms with Crippen molar-refractivity contribution in [2.24, 2.45) is 0 Å². The van der Waals surface area contributed by atoms with Crippen molar-refractivity contribution in [3.8, 4) is 6.07 Å². The van der Waals surface area contributed by atoms with Crippen molar-refractivity contribution in [1.29, 1.82) is 5.26 Å². The molecule has 1 aliphatic heterocycles. The fourth-order valence-electron chi connectivity index (χ4n) is 4.33. The quantitative estimate of drug-likeness (QED) is 0.398. The van der Waals surface area contributed by atoms with E-state index in [0.29, 0.717) is 29.2 Å². The van der Waals surface area contributed by atoms with Crippen LogP contribution in [0.5, 0.6) is 0 Å². The fraction of sp³-hybridized carbons (Fsp3) is 0.259. The van der Waals surface area contributed by atoms with E-state index >= 15 is 0 Å². The first-order valence-electron chi connectivity index (χ1n) is 11.6. The molecule has 10 heteroatoms. The molecule has 7 nitrogen and oxygen atoms in total. The first kappa shape index (κ1) is 26.8. The van der Waals surface area contributed by atoms with E-state index in [-0.39, 0.29) is 39.4 Å². The molecular formula is C27H24Cl2N4O3S. The summed E-state index contributed by atoms with van der Waals surface area (Å²) in [4.78, 5) is 34.1. The maximum Gasteiger partial charge on any atom is 0.254 e. The van der Waals surface area contributed by atoms with E-state index in [1.165, 1.54) is 30.5 Å². The number of anilines is 1. The molecule has 0 bridgehead atoms. The Balaban J connectivity index is 1.44. The minimum atomic E-state index is -1.73. The minimum absolute atomic E-state index is 0.0558. The Morgan fingerprint density at radius 2 is 1.86 bits per heavy atom. The van der Waals surface area contributed by atoms with Gasteiger partial charge in [-0.25, -0.2) is 0 Å². The molecule has 1 amide bonds. The molecule has 3 atom stereocenters. The standard InChI is InChI=1S/C27H24Cl2N4O3S/c1-17-18(2)33(11-10-32(17)22-5-3-4-21(28)13-22)27(35)20-7-9-26(23(29)12-20)37(36)16-25(34)24-8-6-19(14-30)15-31-24/h3-9,12-13,15,17-18H,10-11,16H2,1-2H3/t17-,18-,37?/m0/s1. The molecule has 37 heavy (non-hydrogen) atoms. The minimum Gasteiger partial charge on any atom is -0.365 e. The highest BCUT2D eigenvalue weighted by Gasteiger charge is 2.34. The van der Waals surface area contributed by atoms with Crippen LogP contribution in [-0.2, 0) is 10.8 Å². The maximum absolute atomic E-state index is 13.4. The van der Waals surface area contributed by atoms with E-state index in [1.807, 2.05) is 42.2 Å². The summed E-state index contributed by atoms with van der Waals surface area (Å²) < 4.78 is 12.9. The molecule has 0 aliphatic carbocycles. The topological polar surface area (TPSA) is 94.4 Å². The van der Waals surface area contributed by atoms with Gasteiger partial charge in [-0.15, -0.1) is 0 Å². The Bertz CT molecular complexity index is 1410. The van der Waals surface area contributed by atoms with Gasteiger partial charge >= 0.3 is 0 Å². The number of rotatable bonds is 6. The van der Waals surface area contributed by atoms with E-state index in [0.717, 1.165) is 5.69 Å². The second-order valence-electron chi connectivity index (χ2n) is 8.76. The van der Waals surface area contributed by atoms with Crippen LogP contribution in [0.2, 0.25) is 10.0 Å². The summed E-state index contributed by atoms with van der Waals surface area (Å²) in [5, 5.41) is 9.68. The van der Waals surface area contributed by atoms with Gasteiger partial charge in [0.05, 0.1) is 32.0 Å². The molecule has 1 aliphatic rings. The van der Waals surface area contributed by atoms with Crippen LogP contribution in [0.3, 0.4) is 0 Å². The Hall–Kier alpha value is -3.25. The van der Waals surface area contributed by atoms with Crippen molar-refractivity contribution in [3.63, 3.8) is 0 Å². The molecule has 2 aromatic carbocycles. The van der Waals surface area contributed by atoms with Gasteiger partial charge in [-0.05, 0) is 62.4 Å². The van der Waals surface area contributed by atoms with Crippen molar-refractivity contribution in [2.75, 3.05) is 23.7 Å². The molecule has 0 spiro atoms. The highest BCUT2D eigenvalue weighted by Crippen LogP contribution is 2.29. The Kier molecular flexibility index (Phi) is 8.28. The van der Waals surface area contributed by atoms with Crippen LogP contribution in [0.4, 0.5) is 5.69 Å². The van der Waals surface area contributed by atoms with Crippen molar-refractivity contribution >= 4 is 51.4 Å². The van der Waals surface area contributed by atoms with E-state index in [4.69, 9.17) is 28.5 Å². The number of nitriles is 1. The van der Waals surface area contributed by atoms with Crippen LogP contribution in [0, 0.1) is 11.3 Å². The number of carbonyl (C=O) groups excluding carboxylic acids is 2. The number of piperazine rings is 1. The third-order valence-corrected chi connectivity index (χ3v) is 8.56. The lowest BCUT2D eigenvalue weighted by molar-refractivity contribution is 0.0634. The summed E-state index contributed by atoms with van der Waals surface area (Å²) >= 11 is 12.6. The second kappa shape index (κ2) is 11.4. The van der Waals surface area contributed by atoms with Gasteiger partial charge in [0.15, 0.2) is 5.78 Å². The summed E-state index contributed by atoms with van der Waals surface area (Å²) in [6.07, 6.45) is 1.29. The number of Topliss-reactive ketones (excluding diaryl/α,β-unsaturated/α-hetero) is 1. The summed E-state index contributed by atoms with van der Waals surface area (Å²) in [6.45, 7) is 5.25. The van der Waals surface area contributed by atoms with Gasteiger partial charge in [-0.2, -0.15) is 5.26 Å². The number of pyridine rings is 1. The average molecular weight is 555 g/mol. The third kappa shape index (κ3) is 5.85. The normalized spacial score (nSPS) is 18.2. The molecule has 1 aromatic heterocycles. The Labute approximate surface area is 228 Å². The van der Waals surface area contributed by atoms with Gasteiger partial charge < -0.3 is 9.80 Å². The smallest absolute Gasteiger partial charge is 0.254 e. The van der Waals surface area contributed by atoms with E-state index in [9.17, 15) is 13.8 Å². The SMILES string of the molecule is C[C@H]1[C@H](C)N(c2cccc(Cl)c2)CCN1C(=O)c1ccc(S(=O)CC(=O)c2ccc(C#N)cn2)c(Cl)c1. The van der Waals surface area contributed by atoms with Crippen LogP contribution in [0.25, 0.3) is 0 Å². The third-order valence-electron chi connectivity index (χ3n) is 6.53. The fourth-order valence-corrected chi connectivity index (χ4v) is 5.99. The number of nitrogens with zero attached hydrogens (tertiary/aromatic N) is 4. The van der Waals surface area contributed by atoms with E-state index < -0.39 is 16.6 Å². The molecule has 0 radical (unpaired) electrons. The molecule has 4 rings (SSSR count).